The zero-order valence-corrected chi connectivity index (χ0v) is 11.7. The molecule has 0 aliphatic carbocycles. The lowest BCUT2D eigenvalue weighted by atomic mass is 10.1. The SMILES string of the molecule is O=c1[nH]c(-c2ccc(F)cc2)c(CN2CCOCC2)s1. The summed E-state index contributed by atoms with van der Waals surface area (Å²) in [4.78, 5) is 17.7. The van der Waals surface area contributed by atoms with Gasteiger partial charge in [-0.2, -0.15) is 0 Å². The van der Waals surface area contributed by atoms with E-state index in [0.717, 1.165) is 49.0 Å². The van der Waals surface area contributed by atoms with Gasteiger partial charge in [-0.25, -0.2) is 4.39 Å². The Labute approximate surface area is 119 Å². The monoisotopic (exact) mass is 294 g/mol. The van der Waals surface area contributed by atoms with E-state index in [0.29, 0.717) is 0 Å². The third kappa shape index (κ3) is 2.98. The lowest BCUT2D eigenvalue weighted by molar-refractivity contribution is 0.0347. The molecule has 0 bridgehead atoms. The minimum Gasteiger partial charge on any atom is -0.379 e. The molecular formula is C14H15FN2O2S. The third-order valence-electron chi connectivity index (χ3n) is 3.33. The minimum absolute atomic E-state index is 0.0763. The Morgan fingerprint density at radius 3 is 2.65 bits per heavy atom. The van der Waals surface area contributed by atoms with E-state index in [1.807, 2.05) is 0 Å². The number of ether oxygens (including phenoxy) is 1. The van der Waals surface area contributed by atoms with E-state index < -0.39 is 0 Å². The molecule has 1 aliphatic rings. The molecule has 0 radical (unpaired) electrons. The van der Waals surface area contributed by atoms with Crippen molar-refractivity contribution in [1.29, 1.82) is 0 Å². The number of nitrogens with zero attached hydrogens (tertiary/aromatic N) is 1. The molecule has 2 aromatic rings. The molecule has 0 atom stereocenters. The Hall–Kier alpha value is -1.50. The molecule has 1 aromatic heterocycles. The summed E-state index contributed by atoms with van der Waals surface area (Å²) in [7, 11) is 0. The van der Waals surface area contributed by atoms with Gasteiger partial charge in [0.05, 0.1) is 18.9 Å². The molecule has 0 saturated carbocycles. The fourth-order valence-electron chi connectivity index (χ4n) is 2.28. The molecule has 1 aliphatic heterocycles. The van der Waals surface area contributed by atoms with Crippen LogP contribution in [0.2, 0.25) is 0 Å². The maximum Gasteiger partial charge on any atom is 0.305 e. The topological polar surface area (TPSA) is 45.3 Å². The van der Waals surface area contributed by atoms with Crippen LogP contribution in [0.25, 0.3) is 11.3 Å². The molecule has 0 amide bonds. The first-order chi connectivity index (χ1) is 9.72. The number of aromatic nitrogens is 1. The number of halogens is 1. The van der Waals surface area contributed by atoms with Gasteiger partial charge in [-0.3, -0.25) is 9.69 Å². The molecule has 3 rings (SSSR count). The maximum absolute atomic E-state index is 13.0. The van der Waals surface area contributed by atoms with Crippen molar-refractivity contribution in [2.24, 2.45) is 0 Å². The van der Waals surface area contributed by atoms with Crippen molar-refractivity contribution in [3.63, 3.8) is 0 Å². The summed E-state index contributed by atoms with van der Waals surface area (Å²) in [6.07, 6.45) is 0. The third-order valence-corrected chi connectivity index (χ3v) is 4.19. The largest absolute Gasteiger partial charge is 0.379 e. The molecular weight excluding hydrogens is 279 g/mol. The highest BCUT2D eigenvalue weighted by Gasteiger charge is 2.16. The van der Waals surface area contributed by atoms with Crippen LogP contribution in [0.5, 0.6) is 0 Å². The molecule has 2 heterocycles. The van der Waals surface area contributed by atoms with Crippen LogP contribution in [-0.2, 0) is 11.3 Å². The van der Waals surface area contributed by atoms with Crippen LogP contribution < -0.4 is 4.87 Å². The standard InChI is InChI=1S/C14H15FN2O2S/c15-11-3-1-10(2-4-11)13-12(20-14(18)16-13)9-17-5-7-19-8-6-17/h1-4H,5-9H2,(H,16,18). The quantitative estimate of drug-likeness (QED) is 0.942. The van der Waals surface area contributed by atoms with Gasteiger partial charge in [-0.05, 0) is 29.8 Å². The highest BCUT2D eigenvalue weighted by molar-refractivity contribution is 7.09. The molecule has 0 spiro atoms. The molecule has 0 unspecified atom stereocenters. The van der Waals surface area contributed by atoms with E-state index >= 15 is 0 Å². The smallest absolute Gasteiger partial charge is 0.305 e. The number of aromatic amines is 1. The second-order valence-corrected chi connectivity index (χ2v) is 5.78. The molecule has 1 N–H and O–H groups in total. The average molecular weight is 294 g/mol. The predicted octanol–water partition coefficient (Wildman–Crippen LogP) is 2.07. The lowest BCUT2D eigenvalue weighted by Gasteiger charge is -2.26. The molecule has 20 heavy (non-hydrogen) atoms. The van der Waals surface area contributed by atoms with Crippen LogP contribution in [-0.4, -0.2) is 36.2 Å². The Morgan fingerprint density at radius 2 is 1.95 bits per heavy atom. The van der Waals surface area contributed by atoms with Crippen LogP contribution >= 0.6 is 11.3 Å². The van der Waals surface area contributed by atoms with Crippen LogP contribution in [0.15, 0.2) is 29.1 Å². The van der Waals surface area contributed by atoms with E-state index in [2.05, 4.69) is 9.88 Å². The van der Waals surface area contributed by atoms with E-state index in [-0.39, 0.29) is 10.7 Å². The van der Waals surface area contributed by atoms with E-state index in [4.69, 9.17) is 4.74 Å². The van der Waals surface area contributed by atoms with E-state index in [1.54, 1.807) is 12.1 Å². The van der Waals surface area contributed by atoms with Crippen LogP contribution in [0.3, 0.4) is 0 Å². The molecule has 1 fully saturated rings. The maximum atomic E-state index is 13.0. The summed E-state index contributed by atoms with van der Waals surface area (Å²) in [5.74, 6) is -0.277. The minimum atomic E-state index is -0.277. The number of rotatable bonds is 3. The first kappa shape index (κ1) is 13.5. The van der Waals surface area contributed by atoms with Crippen LogP contribution in [0.1, 0.15) is 4.88 Å². The molecule has 1 saturated heterocycles. The van der Waals surface area contributed by atoms with Crippen molar-refractivity contribution >= 4 is 11.3 Å². The van der Waals surface area contributed by atoms with Crippen LogP contribution in [0, 0.1) is 5.82 Å². The van der Waals surface area contributed by atoms with Gasteiger partial charge >= 0.3 is 4.87 Å². The number of morpholine rings is 1. The van der Waals surface area contributed by atoms with E-state index in [1.165, 1.54) is 23.5 Å². The normalized spacial score (nSPS) is 16.4. The van der Waals surface area contributed by atoms with Crippen molar-refractivity contribution in [2.75, 3.05) is 26.3 Å². The first-order valence-corrected chi connectivity index (χ1v) is 7.32. The fraction of sp³-hybridized carbons (Fsp3) is 0.357. The summed E-state index contributed by atoms with van der Waals surface area (Å²) in [5, 5.41) is 0. The van der Waals surface area contributed by atoms with Gasteiger partial charge in [-0.1, -0.05) is 11.3 Å². The van der Waals surface area contributed by atoms with Gasteiger partial charge in [0.2, 0.25) is 0 Å². The summed E-state index contributed by atoms with van der Waals surface area (Å²) in [5.41, 5.74) is 1.64. The lowest BCUT2D eigenvalue weighted by Crippen LogP contribution is -2.35. The van der Waals surface area contributed by atoms with Crippen molar-refractivity contribution in [3.8, 4) is 11.3 Å². The number of H-pyrrole nitrogens is 1. The van der Waals surface area contributed by atoms with Gasteiger partial charge in [0.25, 0.3) is 0 Å². The summed E-state index contributed by atoms with van der Waals surface area (Å²) in [6.45, 7) is 3.92. The Balaban J connectivity index is 1.87. The number of thiazole rings is 1. The first-order valence-electron chi connectivity index (χ1n) is 6.50. The van der Waals surface area contributed by atoms with E-state index in [9.17, 15) is 9.18 Å². The van der Waals surface area contributed by atoms with Crippen molar-refractivity contribution < 1.29 is 9.13 Å². The Bertz CT molecular complexity index is 629. The predicted molar refractivity (Wildman–Crippen MR) is 76.4 cm³/mol. The van der Waals surface area contributed by atoms with Crippen molar-refractivity contribution in [2.45, 2.75) is 6.54 Å². The van der Waals surface area contributed by atoms with Gasteiger partial charge < -0.3 is 9.72 Å². The zero-order chi connectivity index (χ0) is 13.9. The summed E-state index contributed by atoms with van der Waals surface area (Å²) in [6, 6.07) is 6.19. The van der Waals surface area contributed by atoms with Gasteiger partial charge in [0.1, 0.15) is 5.82 Å². The second-order valence-electron chi connectivity index (χ2n) is 4.71. The van der Waals surface area contributed by atoms with Gasteiger partial charge in [0, 0.05) is 24.5 Å². The van der Waals surface area contributed by atoms with Crippen molar-refractivity contribution in [1.82, 2.24) is 9.88 Å². The Kier molecular flexibility index (Phi) is 3.95. The molecule has 106 valence electrons. The number of benzene rings is 1. The number of hydrogen-bond donors (Lipinski definition) is 1. The average Bonchev–Trinajstić information content (AvgIpc) is 2.81. The summed E-state index contributed by atoms with van der Waals surface area (Å²) >= 11 is 1.22. The highest BCUT2D eigenvalue weighted by Crippen LogP contribution is 2.25. The second kappa shape index (κ2) is 5.87. The Morgan fingerprint density at radius 1 is 1.25 bits per heavy atom. The fourth-order valence-corrected chi connectivity index (χ4v) is 3.18. The summed E-state index contributed by atoms with van der Waals surface area (Å²) < 4.78 is 18.3. The zero-order valence-electron chi connectivity index (χ0n) is 10.9. The molecule has 6 heteroatoms. The number of nitrogens with one attached hydrogen (secondary N) is 1. The molecule has 1 aromatic carbocycles. The van der Waals surface area contributed by atoms with Crippen molar-refractivity contribution in [3.05, 3.63) is 44.6 Å². The highest BCUT2D eigenvalue weighted by atomic mass is 32.1. The van der Waals surface area contributed by atoms with Crippen LogP contribution in [0.4, 0.5) is 4.39 Å². The van der Waals surface area contributed by atoms with Gasteiger partial charge in [0.15, 0.2) is 0 Å². The molecule has 4 nitrogen and oxygen atoms in total. The number of hydrogen-bond acceptors (Lipinski definition) is 4. The van der Waals surface area contributed by atoms with Gasteiger partial charge in [-0.15, -0.1) is 0 Å².